The van der Waals surface area contributed by atoms with Crippen molar-refractivity contribution in [1.82, 2.24) is 5.32 Å². The van der Waals surface area contributed by atoms with Gasteiger partial charge in [0.15, 0.2) is 0 Å². The predicted octanol–water partition coefficient (Wildman–Crippen LogP) is 2.43. The monoisotopic (exact) mass is 331 g/mol. The molecular formula is C15H19Cl2NO3. The SMILES string of the molecule is Cc1cccc(OC[C@H](O)CNC(=O)[C@]2(C)CC2(Cl)Cl)c1. The maximum Gasteiger partial charge on any atom is 0.229 e. The number of rotatable bonds is 6. The molecular weight excluding hydrogens is 313 g/mol. The summed E-state index contributed by atoms with van der Waals surface area (Å²) in [7, 11) is 0. The first-order chi connectivity index (χ1) is 9.74. The molecule has 0 heterocycles. The van der Waals surface area contributed by atoms with Crippen molar-refractivity contribution in [2.24, 2.45) is 5.41 Å². The quantitative estimate of drug-likeness (QED) is 0.787. The van der Waals surface area contributed by atoms with Gasteiger partial charge in [-0.2, -0.15) is 0 Å². The van der Waals surface area contributed by atoms with Crippen LogP contribution >= 0.6 is 23.2 Å². The summed E-state index contributed by atoms with van der Waals surface area (Å²) in [5.74, 6) is 0.442. The third-order valence-electron chi connectivity index (χ3n) is 3.69. The molecule has 1 aliphatic rings. The molecule has 1 aromatic carbocycles. The molecule has 0 saturated heterocycles. The molecule has 4 nitrogen and oxygen atoms in total. The maximum absolute atomic E-state index is 11.9. The molecule has 1 fully saturated rings. The Hall–Kier alpha value is -0.970. The molecule has 0 aliphatic heterocycles. The van der Waals surface area contributed by atoms with Gasteiger partial charge in [0, 0.05) is 6.54 Å². The summed E-state index contributed by atoms with van der Waals surface area (Å²) in [4.78, 5) is 11.9. The summed E-state index contributed by atoms with van der Waals surface area (Å²) in [5.41, 5.74) is 0.310. The highest BCUT2D eigenvalue weighted by molar-refractivity contribution is 6.53. The lowest BCUT2D eigenvalue weighted by Crippen LogP contribution is -2.40. The maximum atomic E-state index is 11.9. The first-order valence-corrected chi connectivity index (χ1v) is 7.54. The van der Waals surface area contributed by atoms with Crippen LogP contribution in [0.3, 0.4) is 0 Å². The van der Waals surface area contributed by atoms with Crippen LogP contribution in [0.4, 0.5) is 0 Å². The first-order valence-electron chi connectivity index (χ1n) is 6.78. The van der Waals surface area contributed by atoms with Crippen molar-refractivity contribution in [3.63, 3.8) is 0 Å². The number of hydrogen-bond donors (Lipinski definition) is 2. The molecule has 0 radical (unpaired) electrons. The highest BCUT2D eigenvalue weighted by Gasteiger charge is 2.67. The number of nitrogens with one attached hydrogen (secondary N) is 1. The number of carbonyl (C=O) groups excluding carboxylic acids is 1. The van der Waals surface area contributed by atoms with Crippen LogP contribution in [0, 0.1) is 12.3 Å². The fraction of sp³-hybridized carbons (Fsp3) is 0.533. The minimum atomic E-state index is -1.000. The van der Waals surface area contributed by atoms with Crippen LogP contribution < -0.4 is 10.1 Å². The van der Waals surface area contributed by atoms with Gasteiger partial charge in [0.25, 0.3) is 0 Å². The minimum absolute atomic E-state index is 0.101. The zero-order valence-electron chi connectivity index (χ0n) is 12.0. The molecule has 0 spiro atoms. The van der Waals surface area contributed by atoms with E-state index in [0.29, 0.717) is 12.2 Å². The largest absolute Gasteiger partial charge is 0.491 e. The van der Waals surface area contributed by atoms with Crippen molar-refractivity contribution >= 4 is 29.1 Å². The summed E-state index contributed by atoms with van der Waals surface area (Å²) in [6.07, 6.45) is -0.373. The highest BCUT2D eigenvalue weighted by Crippen LogP contribution is 2.63. The lowest BCUT2D eigenvalue weighted by molar-refractivity contribution is -0.126. The fourth-order valence-electron chi connectivity index (χ4n) is 2.01. The molecule has 1 saturated carbocycles. The van der Waals surface area contributed by atoms with Gasteiger partial charge in [-0.1, -0.05) is 12.1 Å². The first kappa shape index (κ1) is 16.4. The summed E-state index contributed by atoms with van der Waals surface area (Å²) in [6.45, 7) is 3.87. The lowest BCUT2D eigenvalue weighted by atomic mass is 10.1. The zero-order valence-corrected chi connectivity index (χ0v) is 13.5. The van der Waals surface area contributed by atoms with E-state index in [0.717, 1.165) is 5.56 Å². The van der Waals surface area contributed by atoms with Crippen molar-refractivity contribution in [3.8, 4) is 5.75 Å². The third kappa shape index (κ3) is 3.82. The van der Waals surface area contributed by atoms with Crippen LogP contribution in [0.1, 0.15) is 18.9 Å². The molecule has 6 heteroatoms. The Kier molecular flexibility index (Phi) is 4.71. The van der Waals surface area contributed by atoms with Gasteiger partial charge in [0.05, 0.1) is 5.41 Å². The number of ether oxygens (including phenoxy) is 1. The Bertz CT molecular complexity index is 535. The van der Waals surface area contributed by atoms with E-state index in [9.17, 15) is 9.90 Å². The Morgan fingerprint density at radius 1 is 1.52 bits per heavy atom. The van der Waals surface area contributed by atoms with E-state index < -0.39 is 15.9 Å². The number of aryl methyl sites for hydroxylation is 1. The smallest absolute Gasteiger partial charge is 0.229 e. The molecule has 116 valence electrons. The van der Waals surface area contributed by atoms with E-state index in [4.69, 9.17) is 27.9 Å². The van der Waals surface area contributed by atoms with Gasteiger partial charge in [-0.05, 0) is 38.0 Å². The third-order valence-corrected chi connectivity index (χ3v) is 4.79. The number of alkyl halides is 2. The molecule has 0 bridgehead atoms. The van der Waals surface area contributed by atoms with Crippen molar-refractivity contribution < 1.29 is 14.6 Å². The Labute approximate surface area is 134 Å². The number of amides is 1. The number of benzene rings is 1. The predicted molar refractivity (Wildman–Crippen MR) is 82.9 cm³/mol. The van der Waals surface area contributed by atoms with Gasteiger partial charge >= 0.3 is 0 Å². The number of hydrogen-bond acceptors (Lipinski definition) is 3. The number of carbonyl (C=O) groups is 1. The van der Waals surface area contributed by atoms with Gasteiger partial charge in [-0.25, -0.2) is 0 Å². The second-order valence-corrected chi connectivity index (χ2v) is 7.19. The summed E-state index contributed by atoms with van der Waals surface area (Å²) < 4.78 is 4.47. The fourth-order valence-corrected chi connectivity index (χ4v) is 2.71. The summed E-state index contributed by atoms with van der Waals surface area (Å²) >= 11 is 11.9. The minimum Gasteiger partial charge on any atom is -0.491 e. The van der Waals surface area contributed by atoms with Crippen LogP contribution in [-0.2, 0) is 4.79 Å². The Morgan fingerprint density at radius 3 is 2.76 bits per heavy atom. The second kappa shape index (κ2) is 6.03. The molecule has 1 amide bonds. The van der Waals surface area contributed by atoms with E-state index >= 15 is 0 Å². The van der Waals surface area contributed by atoms with Gasteiger partial charge in [-0.15, -0.1) is 23.2 Å². The van der Waals surface area contributed by atoms with Crippen molar-refractivity contribution in [2.45, 2.75) is 30.7 Å². The van der Waals surface area contributed by atoms with Crippen molar-refractivity contribution in [1.29, 1.82) is 0 Å². The molecule has 2 N–H and O–H groups in total. The average molecular weight is 332 g/mol. The van der Waals surface area contributed by atoms with E-state index in [-0.39, 0.29) is 19.1 Å². The molecule has 2 atom stereocenters. The van der Waals surface area contributed by atoms with Gasteiger partial charge in [0.2, 0.25) is 5.91 Å². The van der Waals surface area contributed by atoms with Gasteiger partial charge < -0.3 is 15.2 Å². The van der Waals surface area contributed by atoms with Crippen LogP contribution in [0.25, 0.3) is 0 Å². The molecule has 2 rings (SSSR count). The number of aliphatic hydroxyl groups is 1. The van der Waals surface area contributed by atoms with E-state index in [1.807, 2.05) is 31.2 Å². The standard InChI is InChI=1S/C15H19Cl2NO3/c1-10-4-3-5-12(6-10)21-8-11(19)7-18-13(20)14(2)9-15(14,16)17/h3-6,11,19H,7-9H2,1-2H3,(H,18,20)/t11-,14+/m1/s1. The molecule has 1 aromatic rings. The van der Waals surface area contributed by atoms with E-state index in [2.05, 4.69) is 5.32 Å². The summed E-state index contributed by atoms with van der Waals surface area (Å²) in [6, 6.07) is 7.54. The molecule has 0 aromatic heterocycles. The topological polar surface area (TPSA) is 58.6 Å². The van der Waals surface area contributed by atoms with E-state index in [1.54, 1.807) is 6.92 Å². The highest BCUT2D eigenvalue weighted by atomic mass is 35.5. The number of halogens is 2. The normalized spacial score (nSPS) is 24.2. The zero-order chi connectivity index (χ0) is 15.7. The molecule has 21 heavy (non-hydrogen) atoms. The van der Waals surface area contributed by atoms with Crippen molar-refractivity contribution in [3.05, 3.63) is 29.8 Å². The Balaban J connectivity index is 1.73. The summed E-state index contributed by atoms with van der Waals surface area (Å²) in [5, 5.41) is 12.5. The van der Waals surface area contributed by atoms with Gasteiger partial charge in [0.1, 0.15) is 22.8 Å². The Morgan fingerprint density at radius 2 is 2.19 bits per heavy atom. The van der Waals surface area contributed by atoms with Gasteiger partial charge in [-0.3, -0.25) is 4.79 Å². The second-order valence-electron chi connectivity index (χ2n) is 5.70. The number of aliphatic hydroxyl groups excluding tert-OH is 1. The van der Waals surface area contributed by atoms with Crippen molar-refractivity contribution in [2.75, 3.05) is 13.2 Å². The van der Waals surface area contributed by atoms with Crippen LogP contribution in [0.5, 0.6) is 5.75 Å². The van der Waals surface area contributed by atoms with Crippen LogP contribution in [0.15, 0.2) is 24.3 Å². The molecule has 1 aliphatic carbocycles. The van der Waals surface area contributed by atoms with Crippen LogP contribution in [-0.4, -0.2) is 34.6 Å². The molecule has 0 unspecified atom stereocenters. The van der Waals surface area contributed by atoms with Crippen LogP contribution in [0.2, 0.25) is 0 Å². The lowest BCUT2D eigenvalue weighted by Gasteiger charge is -2.16. The van der Waals surface area contributed by atoms with E-state index in [1.165, 1.54) is 0 Å². The average Bonchev–Trinajstić information content (AvgIpc) is 2.94.